The van der Waals surface area contributed by atoms with Gasteiger partial charge in [-0.05, 0) is 0 Å². The molecule has 2 radical (unpaired) electrons. The highest BCUT2D eigenvalue weighted by atomic mass is 16.4. The normalized spacial score (nSPS) is 8.50. The van der Waals surface area contributed by atoms with Crippen LogP contribution in [0.25, 0.3) is 0 Å². The maximum absolute atomic E-state index is 9.70. The van der Waals surface area contributed by atoms with Crippen molar-refractivity contribution in [3.8, 4) is 0 Å². The number of carbonyl (C=O) groups excluding carboxylic acids is 1. The summed E-state index contributed by atoms with van der Waals surface area (Å²) in [4.78, 5) is 19.3. The lowest BCUT2D eigenvalue weighted by molar-refractivity contribution is -0.137. The lowest BCUT2D eigenvalue weighted by Gasteiger charge is -1.84. The second kappa shape index (κ2) is 3.01. The van der Waals surface area contributed by atoms with Gasteiger partial charge in [-0.1, -0.05) is 0 Å². The predicted octanol–water partition coefficient (Wildman–Crippen LogP) is -0.525. The van der Waals surface area contributed by atoms with Gasteiger partial charge in [0.15, 0.2) is 0 Å². The molecule has 0 aliphatic carbocycles. The molecular formula is C4H5NO3. The average molecular weight is 115 g/mol. The molecule has 0 fully saturated rings. The number of carboxylic acids is 1. The lowest BCUT2D eigenvalue weighted by atomic mass is 10.3. The number of hydrogen-bond acceptors (Lipinski definition) is 2. The first-order chi connectivity index (χ1) is 3.63. The Morgan fingerprint density at radius 3 is 2.25 bits per heavy atom. The van der Waals surface area contributed by atoms with Crippen molar-refractivity contribution in [3.05, 3.63) is 6.42 Å². The van der Waals surface area contributed by atoms with Crippen molar-refractivity contribution in [3.63, 3.8) is 0 Å². The Balaban J connectivity index is 3.18. The summed E-state index contributed by atoms with van der Waals surface area (Å²) in [6.07, 6.45) is 0.435. The molecule has 0 saturated carbocycles. The highest BCUT2D eigenvalue weighted by Crippen LogP contribution is 1.83. The molecule has 4 nitrogen and oxygen atoms in total. The summed E-state index contributed by atoms with van der Waals surface area (Å²) in [5.74, 6) is -2.04. The standard InChI is InChI=1S/C4H5NO3/c5-3(6)1-2-4(7)8/h1,5H,2H2,(H,7,8). The van der Waals surface area contributed by atoms with Crippen LogP contribution in [-0.4, -0.2) is 17.0 Å². The summed E-state index contributed by atoms with van der Waals surface area (Å²) in [7, 11) is 0. The second-order valence-electron chi connectivity index (χ2n) is 1.17. The third-order valence-electron chi connectivity index (χ3n) is 0.462. The first-order valence-electron chi connectivity index (χ1n) is 1.93. The minimum absolute atomic E-state index is 0.359. The van der Waals surface area contributed by atoms with Gasteiger partial charge in [-0.2, -0.15) is 0 Å². The van der Waals surface area contributed by atoms with Gasteiger partial charge in [0.1, 0.15) is 0 Å². The molecule has 0 aliphatic heterocycles. The molecule has 0 spiro atoms. The van der Waals surface area contributed by atoms with E-state index >= 15 is 0 Å². The molecule has 0 atom stereocenters. The van der Waals surface area contributed by atoms with Gasteiger partial charge in [-0.25, -0.2) is 0 Å². The molecule has 0 bridgehead atoms. The van der Waals surface area contributed by atoms with Crippen LogP contribution < -0.4 is 5.73 Å². The number of nitrogens with one attached hydrogen (secondary N) is 1. The Morgan fingerprint density at radius 1 is 1.62 bits per heavy atom. The number of carboxylic acid groups (broad SMARTS) is 1. The fourth-order valence-electron chi connectivity index (χ4n) is 0.180. The topological polar surface area (TPSA) is 78.2 Å². The van der Waals surface area contributed by atoms with Gasteiger partial charge >= 0.3 is 5.97 Å². The van der Waals surface area contributed by atoms with Crippen LogP contribution in [0, 0.1) is 6.42 Å². The largest absolute Gasteiger partial charge is 0.481 e. The third-order valence-corrected chi connectivity index (χ3v) is 0.462. The van der Waals surface area contributed by atoms with Gasteiger partial charge in [0.05, 0.1) is 12.8 Å². The molecule has 0 aromatic carbocycles. The van der Waals surface area contributed by atoms with Crippen LogP contribution >= 0.6 is 0 Å². The smallest absolute Gasteiger partial charge is 0.304 e. The van der Waals surface area contributed by atoms with Gasteiger partial charge in [0, 0.05) is 0 Å². The van der Waals surface area contributed by atoms with Gasteiger partial charge in [-0.3, -0.25) is 15.3 Å². The van der Waals surface area contributed by atoms with E-state index < -0.39 is 11.9 Å². The fourth-order valence-corrected chi connectivity index (χ4v) is 0.180. The summed E-state index contributed by atoms with van der Waals surface area (Å²) < 4.78 is 0. The van der Waals surface area contributed by atoms with Crippen LogP contribution in [-0.2, 0) is 9.59 Å². The minimum atomic E-state index is -1.09. The first kappa shape index (κ1) is 6.94. The highest BCUT2D eigenvalue weighted by molar-refractivity contribution is 5.86. The monoisotopic (exact) mass is 115 g/mol. The van der Waals surface area contributed by atoms with Crippen LogP contribution in [0.4, 0.5) is 0 Å². The zero-order chi connectivity index (χ0) is 6.57. The molecule has 0 aromatic rings. The van der Waals surface area contributed by atoms with Crippen molar-refractivity contribution >= 4 is 11.9 Å². The van der Waals surface area contributed by atoms with Crippen LogP contribution in [0.3, 0.4) is 0 Å². The van der Waals surface area contributed by atoms with Crippen LogP contribution in [0.1, 0.15) is 6.42 Å². The molecular weight excluding hydrogens is 110 g/mol. The summed E-state index contributed by atoms with van der Waals surface area (Å²) in [5.41, 5.74) is 6.21. The molecule has 0 aromatic heterocycles. The molecule has 0 aliphatic rings. The van der Waals surface area contributed by atoms with Crippen molar-refractivity contribution in [1.82, 2.24) is 5.73 Å². The predicted molar refractivity (Wildman–Crippen MR) is 24.7 cm³/mol. The van der Waals surface area contributed by atoms with Crippen molar-refractivity contribution in [1.29, 1.82) is 0 Å². The Labute approximate surface area is 46.3 Å². The number of rotatable bonds is 3. The van der Waals surface area contributed by atoms with E-state index in [1.807, 2.05) is 0 Å². The molecule has 4 heteroatoms. The zero-order valence-electron chi connectivity index (χ0n) is 4.05. The Bertz CT molecular complexity index is 95.9. The van der Waals surface area contributed by atoms with Crippen LogP contribution in [0.15, 0.2) is 0 Å². The van der Waals surface area contributed by atoms with Crippen molar-refractivity contribution in [2.75, 3.05) is 0 Å². The van der Waals surface area contributed by atoms with Gasteiger partial charge in [-0.15, -0.1) is 0 Å². The van der Waals surface area contributed by atoms with Crippen molar-refractivity contribution in [2.45, 2.75) is 6.42 Å². The van der Waals surface area contributed by atoms with Crippen molar-refractivity contribution < 1.29 is 14.7 Å². The number of amides is 1. The van der Waals surface area contributed by atoms with Crippen molar-refractivity contribution in [2.24, 2.45) is 0 Å². The average Bonchev–Trinajstić information content (AvgIpc) is 1.61. The maximum Gasteiger partial charge on any atom is 0.304 e. The van der Waals surface area contributed by atoms with E-state index in [1.165, 1.54) is 0 Å². The number of aliphatic carboxylic acids is 1. The van der Waals surface area contributed by atoms with Crippen LogP contribution in [0.5, 0.6) is 0 Å². The summed E-state index contributed by atoms with van der Waals surface area (Å²) >= 11 is 0. The zero-order valence-corrected chi connectivity index (χ0v) is 4.05. The Morgan fingerprint density at radius 2 is 2.12 bits per heavy atom. The number of hydrogen-bond donors (Lipinski definition) is 1. The molecule has 0 saturated heterocycles. The highest BCUT2D eigenvalue weighted by Gasteiger charge is 2.00. The first-order valence-corrected chi connectivity index (χ1v) is 1.93. The minimum Gasteiger partial charge on any atom is -0.481 e. The molecule has 0 heterocycles. The van der Waals surface area contributed by atoms with E-state index in [2.05, 4.69) is 0 Å². The number of carbonyl (C=O) groups is 2. The summed E-state index contributed by atoms with van der Waals surface area (Å²) in [6, 6.07) is 0. The molecule has 1 amide bonds. The SMILES string of the molecule is [NH]C(=O)[CH]CC(=O)O. The van der Waals surface area contributed by atoms with Crippen LogP contribution in [0.2, 0.25) is 0 Å². The fraction of sp³-hybridized carbons (Fsp3) is 0.250. The van der Waals surface area contributed by atoms with E-state index in [0.29, 0.717) is 0 Å². The van der Waals surface area contributed by atoms with E-state index in [0.717, 1.165) is 6.42 Å². The Kier molecular flexibility index (Phi) is 2.61. The summed E-state index contributed by atoms with van der Waals surface area (Å²) in [6.45, 7) is 0. The molecule has 0 unspecified atom stereocenters. The van der Waals surface area contributed by atoms with Gasteiger partial charge in [0.25, 0.3) is 0 Å². The molecule has 8 heavy (non-hydrogen) atoms. The second-order valence-corrected chi connectivity index (χ2v) is 1.17. The van der Waals surface area contributed by atoms with E-state index in [4.69, 9.17) is 10.8 Å². The van der Waals surface area contributed by atoms with Gasteiger partial charge in [0.2, 0.25) is 5.91 Å². The summed E-state index contributed by atoms with van der Waals surface area (Å²) in [5, 5.41) is 7.90. The third kappa shape index (κ3) is 4.94. The molecule has 0 rings (SSSR count). The van der Waals surface area contributed by atoms with E-state index in [1.54, 1.807) is 0 Å². The molecule has 2 N–H and O–H groups in total. The van der Waals surface area contributed by atoms with Gasteiger partial charge < -0.3 is 5.11 Å². The quantitative estimate of drug-likeness (QED) is 0.537. The Hall–Kier alpha value is -1.06. The lowest BCUT2D eigenvalue weighted by Crippen LogP contribution is -2.03. The molecule has 44 valence electrons. The van der Waals surface area contributed by atoms with E-state index in [9.17, 15) is 9.59 Å². The van der Waals surface area contributed by atoms with E-state index in [-0.39, 0.29) is 6.42 Å². The maximum atomic E-state index is 9.70.